The molecule has 0 amide bonds. The number of nitrogens with two attached hydrogens (primary N) is 1. The highest BCUT2D eigenvalue weighted by Crippen LogP contribution is 1.98. The summed E-state index contributed by atoms with van der Waals surface area (Å²) in [7, 11) is 1.25. The third kappa shape index (κ3) is 4.37. The molecule has 0 unspecified atom stereocenters. The first-order valence-electron chi connectivity index (χ1n) is 4.87. The van der Waals surface area contributed by atoms with E-state index >= 15 is 0 Å². The monoisotopic (exact) mass is 239 g/mol. The summed E-state index contributed by atoms with van der Waals surface area (Å²) in [6, 6.07) is 3.41. The van der Waals surface area contributed by atoms with Crippen molar-refractivity contribution in [2.75, 3.05) is 7.11 Å². The highest BCUT2D eigenvalue weighted by atomic mass is 16.7. The van der Waals surface area contributed by atoms with Crippen LogP contribution in [-0.4, -0.2) is 29.9 Å². The lowest BCUT2D eigenvalue weighted by atomic mass is 10.3. The van der Waals surface area contributed by atoms with Gasteiger partial charge in [-0.05, 0) is 12.1 Å². The molecule has 0 fully saturated rings. The number of rotatable bonds is 5. The smallest absolute Gasteiger partial charge is 0.335 e. The van der Waals surface area contributed by atoms with E-state index in [9.17, 15) is 9.59 Å². The second kappa shape index (κ2) is 6.31. The van der Waals surface area contributed by atoms with Gasteiger partial charge in [-0.1, -0.05) is 5.16 Å². The van der Waals surface area contributed by atoms with Crippen molar-refractivity contribution in [3.63, 3.8) is 0 Å². The number of carbonyl (C=O) groups excluding carboxylic acids is 2. The summed E-state index contributed by atoms with van der Waals surface area (Å²) in [5.74, 6) is -1.07. The number of aromatic nitrogens is 1. The fraction of sp³-hybridized carbons (Fsp3) is 0.300. The van der Waals surface area contributed by atoms with Gasteiger partial charge in [0, 0.05) is 6.20 Å². The number of hydrogen-bond donors (Lipinski definition) is 2. The van der Waals surface area contributed by atoms with Gasteiger partial charge in [-0.3, -0.25) is 4.79 Å². The van der Waals surface area contributed by atoms with Gasteiger partial charge < -0.3 is 20.3 Å². The van der Waals surface area contributed by atoms with E-state index in [1.54, 1.807) is 18.3 Å². The van der Waals surface area contributed by atoms with Gasteiger partial charge in [-0.2, -0.15) is 0 Å². The Balaban J connectivity index is 2.37. The third-order valence-electron chi connectivity index (χ3n) is 1.88. The first kappa shape index (κ1) is 12.8. The van der Waals surface area contributed by atoms with Crippen molar-refractivity contribution >= 4 is 17.8 Å². The Hall–Kier alpha value is -2.31. The quantitative estimate of drug-likeness (QED) is 0.250. The maximum Gasteiger partial charge on any atom is 0.335 e. The van der Waals surface area contributed by atoms with Crippen molar-refractivity contribution in [3.05, 3.63) is 24.0 Å². The van der Waals surface area contributed by atoms with Gasteiger partial charge in [-0.25, -0.2) is 4.79 Å². The number of ether oxygens (including phenoxy) is 1. The number of H-pyrrole nitrogens is 1. The Morgan fingerprint density at radius 1 is 1.41 bits per heavy atom. The van der Waals surface area contributed by atoms with E-state index in [1.165, 1.54) is 7.11 Å². The highest BCUT2D eigenvalue weighted by Gasteiger charge is 2.08. The lowest BCUT2D eigenvalue weighted by Crippen LogP contribution is -2.16. The average Bonchev–Trinajstić information content (AvgIpc) is 2.86. The molecule has 1 heterocycles. The van der Waals surface area contributed by atoms with E-state index in [1.807, 2.05) is 0 Å². The van der Waals surface area contributed by atoms with Gasteiger partial charge in [0.05, 0.1) is 25.6 Å². The largest absolute Gasteiger partial charge is 0.469 e. The molecule has 1 aromatic heterocycles. The van der Waals surface area contributed by atoms with Crippen LogP contribution >= 0.6 is 0 Å². The predicted molar refractivity (Wildman–Crippen MR) is 58.9 cm³/mol. The van der Waals surface area contributed by atoms with Crippen molar-refractivity contribution in [1.82, 2.24) is 4.98 Å². The fourth-order valence-corrected chi connectivity index (χ4v) is 0.991. The second-order valence-corrected chi connectivity index (χ2v) is 3.10. The van der Waals surface area contributed by atoms with Gasteiger partial charge in [0.15, 0.2) is 5.84 Å². The highest BCUT2D eigenvalue weighted by molar-refractivity contribution is 5.95. The van der Waals surface area contributed by atoms with Crippen molar-refractivity contribution < 1.29 is 19.2 Å². The molecule has 0 aliphatic rings. The van der Waals surface area contributed by atoms with Crippen LogP contribution in [0.3, 0.4) is 0 Å². The molecule has 0 bridgehead atoms. The summed E-state index contributed by atoms with van der Waals surface area (Å²) >= 11 is 0. The van der Waals surface area contributed by atoms with Crippen molar-refractivity contribution in [3.8, 4) is 0 Å². The second-order valence-electron chi connectivity index (χ2n) is 3.10. The predicted octanol–water partition coefficient (Wildman–Crippen LogP) is 0.131. The first-order valence-corrected chi connectivity index (χ1v) is 4.87. The van der Waals surface area contributed by atoms with Crippen LogP contribution in [0.5, 0.6) is 0 Å². The van der Waals surface area contributed by atoms with Crippen LogP contribution in [0, 0.1) is 0 Å². The van der Waals surface area contributed by atoms with E-state index in [0.29, 0.717) is 5.69 Å². The number of nitrogens with one attached hydrogen (secondary N) is 1. The molecule has 1 rings (SSSR count). The van der Waals surface area contributed by atoms with Crippen molar-refractivity contribution in [2.24, 2.45) is 10.9 Å². The topological polar surface area (TPSA) is 107 Å². The van der Waals surface area contributed by atoms with E-state index in [-0.39, 0.29) is 18.7 Å². The Morgan fingerprint density at radius 3 is 2.71 bits per heavy atom. The summed E-state index contributed by atoms with van der Waals surface area (Å²) in [6.45, 7) is 0. The number of oxime groups is 1. The zero-order valence-corrected chi connectivity index (χ0v) is 9.30. The van der Waals surface area contributed by atoms with E-state index in [2.05, 4.69) is 19.7 Å². The molecule has 1 aromatic rings. The standard InChI is InChI=1S/C10H13N3O4/c1-16-8(14)4-5-9(15)17-13-10(11)7-3-2-6-12-7/h2-3,6,12H,4-5H2,1H3,(H2,11,13). The molecule has 0 saturated carbocycles. The van der Waals surface area contributed by atoms with Crippen LogP contribution < -0.4 is 5.73 Å². The molecule has 7 nitrogen and oxygen atoms in total. The van der Waals surface area contributed by atoms with Gasteiger partial charge in [0.1, 0.15) is 0 Å². The summed E-state index contributed by atoms with van der Waals surface area (Å²) in [6.07, 6.45) is 1.51. The Morgan fingerprint density at radius 2 is 2.12 bits per heavy atom. The molecular weight excluding hydrogens is 226 g/mol. The maximum absolute atomic E-state index is 11.1. The minimum atomic E-state index is -0.648. The lowest BCUT2D eigenvalue weighted by Gasteiger charge is -1.99. The summed E-state index contributed by atoms with van der Waals surface area (Å²) < 4.78 is 4.37. The van der Waals surface area contributed by atoms with Crippen molar-refractivity contribution in [2.45, 2.75) is 12.8 Å². The molecule has 0 atom stereocenters. The summed E-state index contributed by atoms with van der Waals surface area (Å²) in [5, 5.41) is 3.43. The Kier molecular flexibility index (Phi) is 4.74. The third-order valence-corrected chi connectivity index (χ3v) is 1.88. The van der Waals surface area contributed by atoms with Gasteiger partial charge >= 0.3 is 11.9 Å². The molecule has 3 N–H and O–H groups in total. The summed E-state index contributed by atoms with van der Waals surface area (Å²) in [4.78, 5) is 29.2. The minimum absolute atomic E-state index is 0.0484. The molecule has 0 aliphatic heterocycles. The number of carbonyl (C=O) groups is 2. The molecule has 17 heavy (non-hydrogen) atoms. The zero-order valence-electron chi connectivity index (χ0n) is 9.30. The van der Waals surface area contributed by atoms with E-state index < -0.39 is 11.9 Å². The van der Waals surface area contributed by atoms with Crippen LogP contribution in [0.4, 0.5) is 0 Å². The number of amidine groups is 1. The van der Waals surface area contributed by atoms with Crippen molar-refractivity contribution in [1.29, 1.82) is 0 Å². The fourth-order valence-electron chi connectivity index (χ4n) is 0.991. The van der Waals surface area contributed by atoms with Gasteiger partial charge in [0.2, 0.25) is 0 Å². The number of esters is 1. The van der Waals surface area contributed by atoms with E-state index in [0.717, 1.165) is 0 Å². The first-order chi connectivity index (χ1) is 8.13. The maximum atomic E-state index is 11.1. The lowest BCUT2D eigenvalue weighted by molar-refractivity contribution is -0.148. The normalized spacial score (nSPS) is 11.0. The summed E-state index contributed by atoms with van der Waals surface area (Å²) in [5.41, 5.74) is 6.07. The number of nitrogens with zero attached hydrogens (tertiary/aromatic N) is 1. The zero-order chi connectivity index (χ0) is 12.7. The molecule has 0 spiro atoms. The molecule has 0 saturated heterocycles. The van der Waals surface area contributed by atoms with Crippen LogP contribution in [0.1, 0.15) is 18.5 Å². The van der Waals surface area contributed by atoms with Gasteiger partial charge in [0.25, 0.3) is 0 Å². The molecule has 0 aliphatic carbocycles. The number of hydrogen-bond acceptors (Lipinski definition) is 5. The number of methoxy groups -OCH3 is 1. The molecule has 0 radical (unpaired) electrons. The van der Waals surface area contributed by atoms with Crippen LogP contribution in [-0.2, 0) is 19.2 Å². The molecule has 92 valence electrons. The van der Waals surface area contributed by atoms with Crippen LogP contribution in [0.15, 0.2) is 23.5 Å². The Labute approximate surface area is 97.6 Å². The molecular formula is C10H13N3O4. The Bertz CT molecular complexity index is 411. The molecule has 7 heteroatoms. The minimum Gasteiger partial charge on any atom is -0.469 e. The van der Waals surface area contributed by atoms with Gasteiger partial charge in [-0.15, -0.1) is 0 Å². The number of aromatic amines is 1. The van der Waals surface area contributed by atoms with E-state index in [4.69, 9.17) is 5.73 Å². The van der Waals surface area contributed by atoms with Crippen LogP contribution in [0.2, 0.25) is 0 Å². The average molecular weight is 239 g/mol. The molecule has 0 aromatic carbocycles. The SMILES string of the molecule is COC(=O)CCC(=O)ON=C(N)c1ccc[nH]1. The van der Waals surface area contributed by atoms with Crippen LogP contribution in [0.25, 0.3) is 0 Å².